The van der Waals surface area contributed by atoms with Gasteiger partial charge >= 0.3 is 0 Å². The van der Waals surface area contributed by atoms with Crippen molar-refractivity contribution in [3.8, 4) is 0 Å². The van der Waals surface area contributed by atoms with Crippen molar-refractivity contribution in [1.82, 2.24) is 10.2 Å². The van der Waals surface area contributed by atoms with Gasteiger partial charge in [0.2, 0.25) is 11.8 Å². The summed E-state index contributed by atoms with van der Waals surface area (Å²) in [5.41, 5.74) is 3.15. The number of anilines is 1. The summed E-state index contributed by atoms with van der Waals surface area (Å²) < 4.78 is 0. The van der Waals surface area contributed by atoms with Crippen LogP contribution in [-0.4, -0.2) is 42.4 Å². The van der Waals surface area contributed by atoms with Gasteiger partial charge in [0.15, 0.2) is 0 Å². The van der Waals surface area contributed by atoms with Crippen LogP contribution in [0.1, 0.15) is 44.2 Å². The molecule has 0 saturated carbocycles. The van der Waals surface area contributed by atoms with Crippen LogP contribution < -0.4 is 10.6 Å². The van der Waals surface area contributed by atoms with Gasteiger partial charge in [-0.15, -0.1) is 0 Å². The summed E-state index contributed by atoms with van der Waals surface area (Å²) in [7, 11) is 0. The van der Waals surface area contributed by atoms with E-state index in [1.807, 2.05) is 26.0 Å². The molecule has 1 fully saturated rings. The Morgan fingerprint density at radius 2 is 2.17 bits per heavy atom. The monoisotopic (exact) mass is 317 g/mol. The van der Waals surface area contributed by atoms with Crippen molar-refractivity contribution in [2.75, 3.05) is 25.0 Å². The minimum atomic E-state index is -0.0256. The summed E-state index contributed by atoms with van der Waals surface area (Å²) in [6.45, 7) is 9.81. The highest BCUT2D eigenvalue weighted by molar-refractivity contribution is 5.94. The summed E-state index contributed by atoms with van der Waals surface area (Å²) >= 11 is 0. The van der Waals surface area contributed by atoms with Crippen molar-refractivity contribution in [2.45, 2.75) is 46.1 Å². The second kappa shape index (κ2) is 7.59. The average molecular weight is 317 g/mol. The molecule has 5 nitrogen and oxygen atoms in total. The average Bonchev–Trinajstić information content (AvgIpc) is 2.64. The minimum Gasteiger partial charge on any atom is -0.355 e. The molecule has 1 atom stereocenters. The molecule has 0 bridgehead atoms. The summed E-state index contributed by atoms with van der Waals surface area (Å²) in [4.78, 5) is 26.0. The maximum atomic E-state index is 12.5. The first-order valence-electron chi connectivity index (χ1n) is 8.28. The quantitative estimate of drug-likeness (QED) is 0.895. The minimum absolute atomic E-state index is 0.0256. The van der Waals surface area contributed by atoms with E-state index >= 15 is 0 Å². The van der Waals surface area contributed by atoms with Gasteiger partial charge in [-0.3, -0.25) is 14.5 Å². The number of nitrogens with one attached hydrogen (secondary N) is 2. The summed E-state index contributed by atoms with van der Waals surface area (Å²) in [6, 6.07) is 6.26. The van der Waals surface area contributed by atoms with Gasteiger partial charge in [-0.2, -0.15) is 0 Å². The van der Waals surface area contributed by atoms with Gasteiger partial charge in [0.05, 0.1) is 6.54 Å². The summed E-state index contributed by atoms with van der Waals surface area (Å²) in [5, 5.41) is 5.94. The first-order valence-corrected chi connectivity index (χ1v) is 8.28. The van der Waals surface area contributed by atoms with E-state index in [-0.39, 0.29) is 17.9 Å². The van der Waals surface area contributed by atoms with E-state index in [1.165, 1.54) is 0 Å². The molecule has 1 aliphatic rings. The molecule has 2 rings (SSSR count). The van der Waals surface area contributed by atoms with E-state index in [4.69, 9.17) is 0 Å². The Morgan fingerprint density at radius 3 is 2.87 bits per heavy atom. The smallest absolute Gasteiger partial charge is 0.238 e. The normalized spacial score (nSPS) is 19.3. The van der Waals surface area contributed by atoms with Crippen molar-refractivity contribution in [3.63, 3.8) is 0 Å². The number of amides is 2. The van der Waals surface area contributed by atoms with Crippen molar-refractivity contribution in [3.05, 3.63) is 29.3 Å². The third kappa shape index (κ3) is 4.55. The first kappa shape index (κ1) is 17.5. The fourth-order valence-corrected chi connectivity index (χ4v) is 2.89. The van der Waals surface area contributed by atoms with Crippen molar-refractivity contribution in [2.24, 2.45) is 0 Å². The Labute approximate surface area is 138 Å². The predicted octanol–water partition coefficient (Wildman–Crippen LogP) is 2.27. The lowest BCUT2D eigenvalue weighted by Crippen LogP contribution is -2.42. The van der Waals surface area contributed by atoms with Crippen LogP contribution >= 0.6 is 0 Å². The number of hydrogen-bond acceptors (Lipinski definition) is 3. The lowest BCUT2D eigenvalue weighted by molar-refractivity contribution is -0.121. The second-order valence-corrected chi connectivity index (χ2v) is 6.62. The predicted molar refractivity (Wildman–Crippen MR) is 92.6 cm³/mol. The largest absolute Gasteiger partial charge is 0.355 e. The van der Waals surface area contributed by atoms with Crippen LogP contribution in [0.3, 0.4) is 0 Å². The lowest BCUT2D eigenvalue weighted by atomic mass is 9.98. The maximum absolute atomic E-state index is 12.5. The molecule has 1 heterocycles. The molecule has 5 heteroatoms. The topological polar surface area (TPSA) is 61.4 Å². The number of aryl methyl sites for hydroxylation is 1. The van der Waals surface area contributed by atoms with E-state index in [2.05, 4.69) is 35.4 Å². The molecule has 0 radical (unpaired) electrons. The number of para-hydroxylation sites is 1. The molecule has 1 aromatic carbocycles. The van der Waals surface area contributed by atoms with E-state index in [9.17, 15) is 9.59 Å². The SMILES string of the molecule is Cc1cccc(C(C)C)c1NC(=O)CN1CCC(=O)NCC1C. The number of hydrogen-bond donors (Lipinski definition) is 2. The van der Waals surface area contributed by atoms with Crippen LogP contribution in [0, 0.1) is 6.92 Å². The zero-order chi connectivity index (χ0) is 17.0. The van der Waals surface area contributed by atoms with Crippen LogP contribution in [0.15, 0.2) is 18.2 Å². The summed E-state index contributed by atoms with van der Waals surface area (Å²) in [6.07, 6.45) is 0.444. The standard InChI is InChI=1S/C18H27N3O2/c1-12(2)15-7-5-6-13(3)18(15)20-17(23)11-21-9-8-16(22)19-10-14(21)4/h5-7,12,14H,8-11H2,1-4H3,(H,19,22)(H,20,23). The zero-order valence-corrected chi connectivity index (χ0v) is 14.5. The van der Waals surface area contributed by atoms with Gasteiger partial charge in [-0.05, 0) is 30.9 Å². The fourth-order valence-electron chi connectivity index (χ4n) is 2.89. The van der Waals surface area contributed by atoms with Crippen molar-refractivity contribution in [1.29, 1.82) is 0 Å². The molecule has 0 aliphatic carbocycles. The molecule has 0 spiro atoms. The van der Waals surface area contributed by atoms with E-state index < -0.39 is 0 Å². The highest BCUT2D eigenvalue weighted by Crippen LogP contribution is 2.27. The van der Waals surface area contributed by atoms with E-state index in [0.717, 1.165) is 16.8 Å². The Balaban J connectivity index is 2.06. The Hall–Kier alpha value is -1.88. The number of carbonyl (C=O) groups is 2. The highest BCUT2D eigenvalue weighted by atomic mass is 16.2. The van der Waals surface area contributed by atoms with Gasteiger partial charge in [-0.25, -0.2) is 0 Å². The number of nitrogens with zero attached hydrogens (tertiary/aromatic N) is 1. The van der Waals surface area contributed by atoms with Gasteiger partial charge in [-0.1, -0.05) is 32.0 Å². The number of carbonyl (C=O) groups excluding carboxylic acids is 2. The molecule has 1 saturated heterocycles. The fraction of sp³-hybridized carbons (Fsp3) is 0.556. The number of benzene rings is 1. The molecule has 0 aromatic heterocycles. The van der Waals surface area contributed by atoms with Gasteiger partial charge in [0.25, 0.3) is 0 Å². The van der Waals surface area contributed by atoms with Crippen molar-refractivity contribution >= 4 is 17.5 Å². The second-order valence-electron chi connectivity index (χ2n) is 6.62. The highest BCUT2D eigenvalue weighted by Gasteiger charge is 2.22. The van der Waals surface area contributed by atoms with Crippen LogP contribution in [0.25, 0.3) is 0 Å². The third-order valence-corrected chi connectivity index (χ3v) is 4.38. The molecule has 126 valence electrons. The van der Waals surface area contributed by atoms with Gasteiger partial charge < -0.3 is 10.6 Å². The Bertz CT molecular complexity index is 584. The summed E-state index contributed by atoms with van der Waals surface area (Å²) in [5.74, 6) is 0.382. The lowest BCUT2D eigenvalue weighted by Gasteiger charge is -2.26. The molecule has 1 aliphatic heterocycles. The van der Waals surface area contributed by atoms with Crippen LogP contribution in [-0.2, 0) is 9.59 Å². The Kier molecular flexibility index (Phi) is 5.77. The molecule has 2 amide bonds. The van der Waals surface area contributed by atoms with Gasteiger partial charge in [0.1, 0.15) is 0 Å². The van der Waals surface area contributed by atoms with Crippen LogP contribution in [0.5, 0.6) is 0 Å². The maximum Gasteiger partial charge on any atom is 0.238 e. The molecule has 2 N–H and O–H groups in total. The van der Waals surface area contributed by atoms with Crippen LogP contribution in [0.2, 0.25) is 0 Å². The molecule has 1 unspecified atom stereocenters. The van der Waals surface area contributed by atoms with Crippen molar-refractivity contribution < 1.29 is 9.59 Å². The van der Waals surface area contributed by atoms with Gasteiger partial charge in [0, 0.05) is 31.2 Å². The van der Waals surface area contributed by atoms with E-state index in [1.54, 1.807) is 0 Å². The zero-order valence-electron chi connectivity index (χ0n) is 14.5. The molecular formula is C18H27N3O2. The number of rotatable bonds is 4. The van der Waals surface area contributed by atoms with E-state index in [0.29, 0.717) is 32.0 Å². The molecule has 23 heavy (non-hydrogen) atoms. The Morgan fingerprint density at radius 1 is 1.43 bits per heavy atom. The van der Waals surface area contributed by atoms with Crippen LogP contribution in [0.4, 0.5) is 5.69 Å². The first-order chi connectivity index (χ1) is 10.9. The molecular weight excluding hydrogens is 290 g/mol. The third-order valence-electron chi connectivity index (χ3n) is 4.38. The molecule has 1 aromatic rings.